The number of hydrogen-bond donors (Lipinski definition) is 1. The summed E-state index contributed by atoms with van der Waals surface area (Å²) in [5.41, 5.74) is 7.85. The Labute approximate surface area is 87.6 Å². The minimum atomic E-state index is -0.477. The molecule has 0 radical (unpaired) electrons. The number of halogens is 1. The molecule has 0 saturated carbocycles. The number of carbonyl (C=O) groups excluding carboxylic acids is 1. The summed E-state index contributed by atoms with van der Waals surface area (Å²) < 4.78 is 13.1. The summed E-state index contributed by atoms with van der Waals surface area (Å²) in [4.78, 5) is 10.8. The van der Waals surface area contributed by atoms with E-state index in [1.807, 2.05) is 0 Å². The smallest absolute Gasteiger partial charge is 0.241 e. The predicted octanol–water partition coefficient (Wildman–Crippen LogP) is 2.20. The molecule has 1 aromatic carbocycles. The number of primary amides is 1. The van der Waals surface area contributed by atoms with Crippen molar-refractivity contribution >= 4 is 11.5 Å². The molecule has 0 aliphatic heterocycles. The second kappa shape index (κ2) is 3.50. The number of hydrogen-bond acceptors (Lipinski definition) is 1. The van der Waals surface area contributed by atoms with Crippen LogP contribution in [0.25, 0.3) is 5.57 Å². The average Bonchev–Trinajstić information content (AvgIpc) is 2.42. The largest absolute Gasteiger partial charge is 0.366 e. The molecule has 0 saturated heterocycles. The van der Waals surface area contributed by atoms with Crippen LogP contribution in [-0.2, 0) is 4.79 Å². The van der Waals surface area contributed by atoms with E-state index in [4.69, 9.17) is 5.73 Å². The lowest BCUT2D eigenvalue weighted by Gasteiger charge is -2.02. The van der Waals surface area contributed by atoms with Gasteiger partial charge in [-0.3, -0.25) is 4.79 Å². The maximum atomic E-state index is 13.1. The van der Waals surface area contributed by atoms with Crippen LogP contribution in [0.3, 0.4) is 0 Å². The lowest BCUT2D eigenvalue weighted by atomic mass is 10.0. The average molecular weight is 205 g/mol. The highest BCUT2D eigenvalue weighted by Gasteiger charge is 2.23. The molecule has 78 valence electrons. The summed E-state index contributed by atoms with van der Waals surface area (Å²) >= 11 is 0. The lowest BCUT2D eigenvalue weighted by Crippen LogP contribution is -2.06. The molecule has 1 aliphatic carbocycles. The van der Waals surface area contributed by atoms with Crippen molar-refractivity contribution < 1.29 is 9.18 Å². The van der Waals surface area contributed by atoms with Gasteiger partial charge in [0.2, 0.25) is 5.91 Å². The summed E-state index contributed by atoms with van der Waals surface area (Å²) in [6.07, 6.45) is 2.14. The van der Waals surface area contributed by atoms with Crippen LogP contribution in [0.5, 0.6) is 0 Å². The van der Waals surface area contributed by atoms with E-state index < -0.39 is 5.91 Å². The second-order valence-corrected chi connectivity index (χ2v) is 3.91. The molecule has 1 aromatic rings. The molecule has 1 unspecified atom stereocenters. The molecule has 3 heteroatoms. The van der Waals surface area contributed by atoms with Crippen molar-refractivity contribution in [1.29, 1.82) is 0 Å². The van der Waals surface area contributed by atoms with Crippen molar-refractivity contribution in [2.75, 3.05) is 0 Å². The Morgan fingerprint density at radius 3 is 3.00 bits per heavy atom. The topological polar surface area (TPSA) is 43.1 Å². The number of benzene rings is 1. The highest BCUT2D eigenvalue weighted by atomic mass is 19.1. The predicted molar refractivity (Wildman–Crippen MR) is 56.6 cm³/mol. The van der Waals surface area contributed by atoms with Crippen molar-refractivity contribution in [1.82, 2.24) is 0 Å². The van der Waals surface area contributed by atoms with Crippen LogP contribution in [0.2, 0.25) is 0 Å². The third-order valence-corrected chi connectivity index (χ3v) is 2.73. The number of carbonyl (C=O) groups is 1. The monoisotopic (exact) mass is 205 g/mol. The van der Waals surface area contributed by atoms with Crippen LogP contribution < -0.4 is 5.73 Å². The Hall–Kier alpha value is -1.64. The molecule has 1 amide bonds. The van der Waals surface area contributed by atoms with Gasteiger partial charge in [0.15, 0.2) is 0 Å². The molecule has 1 atom stereocenters. The fourth-order valence-electron chi connectivity index (χ4n) is 2.09. The van der Waals surface area contributed by atoms with E-state index >= 15 is 0 Å². The van der Waals surface area contributed by atoms with Crippen LogP contribution in [-0.4, -0.2) is 5.91 Å². The van der Waals surface area contributed by atoms with Gasteiger partial charge in [0, 0.05) is 6.08 Å². The summed E-state index contributed by atoms with van der Waals surface area (Å²) in [6.45, 7) is 2.05. The van der Waals surface area contributed by atoms with Gasteiger partial charge in [0.05, 0.1) is 0 Å². The molecule has 0 spiro atoms. The molecule has 15 heavy (non-hydrogen) atoms. The van der Waals surface area contributed by atoms with Crippen LogP contribution in [0, 0.1) is 5.82 Å². The number of nitrogens with two attached hydrogens (primary N) is 1. The lowest BCUT2D eigenvalue weighted by molar-refractivity contribution is -0.113. The molecule has 1 aliphatic rings. The van der Waals surface area contributed by atoms with E-state index in [-0.39, 0.29) is 5.82 Å². The fraction of sp³-hybridized carbons (Fsp3) is 0.250. The first-order valence-electron chi connectivity index (χ1n) is 4.87. The van der Waals surface area contributed by atoms with E-state index in [9.17, 15) is 9.18 Å². The molecule has 0 bridgehead atoms. The first kappa shape index (κ1) is 9.90. The number of allylic oxidation sites excluding steroid dienone is 1. The van der Waals surface area contributed by atoms with Crippen LogP contribution in [0.1, 0.15) is 30.4 Å². The van der Waals surface area contributed by atoms with Gasteiger partial charge in [0.25, 0.3) is 0 Å². The first-order valence-corrected chi connectivity index (χ1v) is 4.87. The molecule has 2 nitrogen and oxygen atoms in total. The van der Waals surface area contributed by atoms with Crippen LogP contribution >= 0.6 is 0 Å². The minimum absolute atomic E-state index is 0.279. The molecular formula is C12H12FNO. The van der Waals surface area contributed by atoms with Gasteiger partial charge in [-0.1, -0.05) is 13.0 Å². The van der Waals surface area contributed by atoms with E-state index in [1.54, 1.807) is 6.07 Å². The van der Waals surface area contributed by atoms with E-state index in [0.717, 1.165) is 23.1 Å². The van der Waals surface area contributed by atoms with Gasteiger partial charge in [0.1, 0.15) is 5.82 Å². The zero-order chi connectivity index (χ0) is 11.0. The highest BCUT2D eigenvalue weighted by Crippen LogP contribution is 2.40. The van der Waals surface area contributed by atoms with Gasteiger partial charge in [-0.05, 0) is 41.2 Å². The zero-order valence-corrected chi connectivity index (χ0v) is 8.46. The van der Waals surface area contributed by atoms with Crippen LogP contribution in [0.4, 0.5) is 4.39 Å². The van der Waals surface area contributed by atoms with Gasteiger partial charge in [-0.2, -0.15) is 0 Å². The summed E-state index contributed by atoms with van der Waals surface area (Å²) in [5, 5.41) is 0. The third-order valence-electron chi connectivity index (χ3n) is 2.73. The summed E-state index contributed by atoms with van der Waals surface area (Å²) in [5.74, 6) is -0.432. The Morgan fingerprint density at radius 1 is 1.60 bits per heavy atom. The zero-order valence-electron chi connectivity index (χ0n) is 8.46. The molecular weight excluding hydrogens is 193 g/mol. The normalized spacial score (nSPS) is 21.7. The molecule has 0 heterocycles. The Kier molecular flexibility index (Phi) is 2.31. The summed E-state index contributed by atoms with van der Waals surface area (Å²) in [6, 6.07) is 4.69. The van der Waals surface area contributed by atoms with Crippen molar-refractivity contribution in [3.05, 3.63) is 41.2 Å². The van der Waals surface area contributed by atoms with Crippen molar-refractivity contribution in [3.63, 3.8) is 0 Å². The maximum Gasteiger partial charge on any atom is 0.241 e. The number of rotatable bonds is 1. The van der Waals surface area contributed by atoms with E-state index in [1.165, 1.54) is 18.2 Å². The van der Waals surface area contributed by atoms with Gasteiger partial charge < -0.3 is 5.73 Å². The van der Waals surface area contributed by atoms with Crippen molar-refractivity contribution in [3.8, 4) is 0 Å². The van der Waals surface area contributed by atoms with Gasteiger partial charge in [-0.25, -0.2) is 4.39 Å². The number of amides is 1. The SMILES string of the molecule is CC1C/C(=C\C(N)=O)c2cc(F)ccc21. The molecule has 2 rings (SSSR count). The highest BCUT2D eigenvalue weighted by molar-refractivity contribution is 5.95. The van der Waals surface area contributed by atoms with Crippen LogP contribution in [0.15, 0.2) is 24.3 Å². The third kappa shape index (κ3) is 1.77. The Morgan fingerprint density at radius 2 is 2.33 bits per heavy atom. The Bertz CT molecular complexity index is 451. The number of fused-ring (bicyclic) bond motifs is 1. The standard InChI is InChI=1S/C12H12FNO/c1-7-4-8(5-12(14)15)11-6-9(13)2-3-10(7)11/h2-3,5-7H,4H2,1H3,(H2,14,15)/b8-5+. The Balaban J connectivity index is 2.53. The maximum absolute atomic E-state index is 13.1. The van der Waals surface area contributed by atoms with E-state index in [2.05, 4.69) is 6.92 Å². The second-order valence-electron chi connectivity index (χ2n) is 3.91. The summed E-state index contributed by atoms with van der Waals surface area (Å²) in [7, 11) is 0. The molecule has 0 aromatic heterocycles. The minimum Gasteiger partial charge on any atom is -0.366 e. The van der Waals surface area contributed by atoms with Crippen molar-refractivity contribution in [2.45, 2.75) is 19.3 Å². The van der Waals surface area contributed by atoms with Crippen molar-refractivity contribution in [2.24, 2.45) is 5.73 Å². The molecule has 0 fully saturated rings. The molecule has 2 N–H and O–H groups in total. The van der Waals surface area contributed by atoms with E-state index in [0.29, 0.717) is 5.92 Å². The first-order chi connectivity index (χ1) is 7.08. The fourth-order valence-corrected chi connectivity index (χ4v) is 2.09. The van der Waals surface area contributed by atoms with Gasteiger partial charge in [-0.15, -0.1) is 0 Å². The van der Waals surface area contributed by atoms with Gasteiger partial charge >= 0.3 is 0 Å². The quantitative estimate of drug-likeness (QED) is 0.702.